The zero-order chi connectivity index (χ0) is 21.1. The van der Waals surface area contributed by atoms with Crippen LogP contribution in [-0.4, -0.2) is 29.4 Å². The molecule has 7 nitrogen and oxygen atoms in total. The number of hydrogen-bond acceptors (Lipinski definition) is 6. The summed E-state index contributed by atoms with van der Waals surface area (Å²) in [5, 5.41) is 2.91. The number of ether oxygens (including phenoxy) is 1. The number of nitrogen functional groups attached to an aromatic ring is 1. The van der Waals surface area contributed by atoms with Gasteiger partial charge < -0.3 is 15.8 Å². The third-order valence-corrected chi connectivity index (χ3v) is 5.55. The summed E-state index contributed by atoms with van der Waals surface area (Å²) in [6.07, 6.45) is -0.711. The van der Waals surface area contributed by atoms with E-state index >= 15 is 0 Å². The Morgan fingerprint density at radius 2 is 1.87 bits per heavy atom. The molecule has 1 atom stereocenters. The number of fused-ring (bicyclic) bond motifs is 1. The summed E-state index contributed by atoms with van der Waals surface area (Å²) in [5.74, 6) is 0.232. The summed E-state index contributed by atoms with van der Waals surface area (Å²) in [5.41, 5.74) is 6.44. The van der Waals surface area contributed by atoms with Crippen molar-refractivity contribution in [3.8, 4) is 5.75 Å². The number of nitrogens with zero attached hydrogens (tertiary/aromatic N) is 2. The number of carbonyl (C=O) groups is 2. The molecule has 0 saturated heterocycles. The average Bonchev–Trinajstić information content (AvgIpc) is 2.74. The first kappa shape index (κ1) is 19.8. The van der Waals surface area contributed by atoms with Crippen molar-refractivity contribution in [2.24, 2.45) is 0 Å². The van der Waals surface area contributed by atoms with Crippen LogP contribution in [0.3, 0.4) is 0 Å². The fraction of sp³-hybridized carbons (Fsp3) is 0.136. The molecule has 2 aromatic carbocycles. The zero-order valence-corrected chi connectivity index (χ0v) is 17.1. The first-order valence-electron chi connectivity index (χ1n) is 9.37. The lowest BCUT2D eigenvalue weighted by atomic mass is 10.2. The molecule has 0 saturated carbocycles. The van der Waals surface area contributed by atoms with Crippen molar-refractivity contribution in [1.82, 2.24) is 4.98 Å². The summed E-state index contributed by atoms with van der Waals surface area (Å²) >= 11 is 1.55. The Bertz CT molecular complexity index is 1090. The lowest BCUT2D eigenvalue weighted by molar-refractivity contribution is -0.127. The van der Waals surface area contributed by atoms with Crippen molar-refractivity contribution in [1.29, 1.82) is 0 Å². The van der Waals surface area contributed by atoms with Gasteiger partial charge in [0.2, 0.25) is 5.91 Å². The number of rotatable bonds is 5. The number of nitrogens with two attached hydrogens (primary N) is 1. The van der Waals surface area contributed by atoms with E-state index in [1.165, 1.54) is 4.90 Å². The largest absolute Gasteiger partial charge is 0.477 e. The Balaban J connectivity index is 1.53. The Labute approximate surface area is 178 Å². The van der Waals surface area contributed by atoms with Crippen molar-refractivity contribution in [3.63, 3.8) is 0 Å². The van der Waals surface area contributed by atoms with E-state index in [9.17, 15) is 9.59 Å². The Hall–Kier alpha value is -3.52. The quantitative estimate of drug-likeness (QED) is 0.655. The van der Waals surface area contributed by atoms with Gasteiger partial charge in [0, 0.05) is 9.79 Å². The van der Waals surface area contributed by atoms with Crippen LogP contribution in [0.2, 0.25) is 0 Å². The fourth-order valence-corrected chi connectivity index (χ4v) is 3.98. The van der Waals surface area contributed by atoms with Crippen LogP contribution in [0, 0.1) is 0 Å². The van der Waals surface area contributed by atoms with Crippen LogP contribution in [0.15, 0.2) is 76.5 Å². The highest BCUT2D eigenvalue weighted by Crippen LogP contribution is 2.34. The molecule has 2 amide bonds. The summed E-state index contributed by atoms with van der Waals surface area (Å²) < 4.78 is 5.57. The number of hydrogen-bond donors (Lipinski definition) is 2. The first-order chi connectivity index (χ1) is 14.5. The van der Waals surface area contributed by atoms with Crippen LogP contribution in [0.1, 0.15) is 6.92 Å². The van der Waals surface area contributed by atoms with Gasteiger partial charge in [0.05, 0.1) is 5.69 Å². The maximum absolute atomic E-state index is 12.8. The van der Waals surface area contributed by atoms with Crippen molar-refractivity contribution in [2.45, 2.75) is 22.8 Å². The lowest BCUT2D eigenvalue weighted by Gasteiger charge is -2.31. The van der Waals surface area contributed by atoms with E-state index in [4.69, 9.17) is 10.5 Å². The third-order valence-electron chi connectivity index (χ3n) is 4.47. The lowest BCUT2D eigenvalue weighted by Crippen LogP contribution is -2.48. The van der Waals surface area contributed by atoms with Gasteiger partial charge >= 0.3 is 0 Å². The monoisotopic (exact) mass is 420 g/mol. The number of para-hydroxylation sites is 1. The van der Waals surface area contributed by atoms with Gasteiger partial charge in [0.15, 0.2) is 17.7 Å². The van der Waals surface area contributed by atoms with E-state index in [2.05, 4.69) is 10.3 Å². The van der Waals surface area contributed by atoms with E-state index in [1.807, 2.05) is 54.6 Å². The van der Waals surface area contributed by atoms with Gasteiger partial charge in [-0.1, -0.05) is 42.1 Å². The van der Waals surface area contributed by atoms with E-state index < -0.39 is 6.10 Å². The molecule has 1 aliphatic heterocycles. The van der Waals surface area contributed by atoms with Gasteiger partial charge in [0.25, 0.3) is 5.91 Å². The van der Waals surface area contributed by atoms with Crippen LogP contribution in [-0.2, 0) is 9.59 Å². The van der Waals surface area contributed by atoms with Crippen LogP contribution in [0.4, 0.5) is 17.3 Å². The summed E-state index contributed by atoms with van der Waals surface area (Å²) in [6, 6.07) is 20.7. The van der Waals surface area contributed by atoms with Gasteiger partial charge in [-0.05, 0) is 43.3 Å². The normalized spacial score (nSPS) is 15.3. The van der Waals surface area contributed by atoms with Crippen LogP contribution in [0.25, 0.3) is 0 Å². The number of benzene rings is 2. The number of carbonyl (C=O) groups excluding carboxylic acids is 2. The minimum absolute atomic E-state index is 0.194. The molecule has 30 heavy (non-hydrogen) atoms. The van der Waals surface area contributed by atoms with E-state index in [1.54, 1.807) is 30.8 Å². The molecule has 0 aliphatic carbocycles. The number of pyridine rings is 1. The van der Waals surface area contributed by atoms with Crippen molar-refractivity contribution < 1.29 is 14.3 Å². The first-order valence-corrected chi connectivity index (χ1v) is 10.2. The highest BCUT2D eigenvalue weighted by molar-refractivity contribution is 7.99. The number of aromatic nitrogens is 1. The zero-order valence-electron chi connectivity index (χ0n) is 16.2. The van der Waals surface area contributed by atoms with Crippen LogP contribution in [0.5, 0.6) is 5.75 Å². The molecule has 0 fully saturated rings. The molecule has 0 bridgehead atoms. The molecule has 3 N–H and O–H groups in total. The maximum Gasteiger partial charge on any atom is 0.269 e. The molecule has 2 heterocycles. The number of nitrogens with one attached hydrogen (secondary N) is 1. The Kier molecular flexibility index (Phi) is 5.58. The van der Waals surface area contributed by atoms with E-state index in [0.717, 1.165) is 9.79 Å². The molecule has 1 aromatic heterocycles. The molecule has 0 radical (unpaired) electrons. The molecular formula is C22H20N4O3S. The number of amides is 2. The Morgan fingerprint density at radius 3 is 2.67 bits per heavy atom. The third kappa shape index (κ3) is 4.23. The molecule has 3 aromatic rings. The van der Waals surface area contributed by atoms with Gasteiger partial charge in [-0.15, -0.1) is 0 Å². The molecule has 1 aliphatic rings. The highest BCUT2D eigenvalue weighted by Gasteiger charge is 2.34. The highest BCUT2D eigenvalue weighted by atomic mass is 32.2. The molecule has 1 unspecified atom stereocenters. The van der Waals surface area contributed by atoms with Crippen molar-refractivity contribution in [3.05, 3.63) is 66.7 Å². The summed E-state index contributed by atoms with van der Waals surface area (Å²) in [6.45, 7) is 1.44. The predicted octanol–water partition coefficient (Wildman–Crippen LogP) is 3.57. The average molecular weight is 420 g/mol. The second kappa shape index (κ2) is 8.46. The van der Waals surface area contributed by atoms with Crippen LogP contribution < -0.4 is 20.7 Å². The van der Waals surface area contributed by atoms with Crippen LogP contribution >= 0.6 is 11.8 Å². The van der Waals surface area contributed by atoms with Gasteiger partial charge in [-0.2, -0.15) is 0 Å². The maximum atomic E-state index is 12.8. The van der Waals surface area contributed by atoms with Gasteiger partial charge in [0.1, 0.15) is 12.4 Å². The standard InChI is InChI=1S/C22H20N4O3S/c1-14-22(28)26(21-17(29-14)11-12-19(23)25-21)13-20(27)24-16-9-5-6-10-18(16)30-15-7-3-2-4-8-15/h2-12,14H,13H2,1H3,(H2,23,25)(H,24,27). The molecule has 152 valence electrons. The van der Waals surface area contributed by atoms with Crippen molar-refractivity contribution in [2.75, 3.05) is 22.5 Å². The molecule has 0 spiro atoms. The van der Waals surface area contributed by atoms with Crippen molar-refractivity contribution >= 4 is 40.9 Å². The second-order valence-corrected chi connectivity index (χ2v) is 7.82. The predicted molar refractivity (Wildman–Crippen MR) is 117 cm³/mol. The van der Waals surface area contributed by atoms with E-state index in [-0.39, 0.29) is 30.0 Å². The SMILES string of the molecule is CC1Oc2ccc(N)nc2N(CC(=O)Nc2ccccc2Sc2ccccc2)C1=O. The topological polar surface area (TPSA) is 97.6 Å². The summed E-state index contributed by atoms with van der Waals surface area (Å²) in [7, 11) is 0. The van der Waals surface area contributed by atoms with E-state index in [0.29, 0.717) is 11.4 Å². The molecular weight excluding hydrogens is 400 g/mol. The molecule has 8 heteroatoms. The summed E-state index contributed by atoms with van der Waals surface area (Å²) in [4.78, 5) is 32.9. The van der Waals surface area contributed by atoms with Gasteiger partial charge in [-0.3, -0.25) is 14.5 Å². The smallest absolute Gasteiger partial charge is 0.269 e. The molecule has 4 rings (SSSR count). The minimum atomic E-state index is -0.711. The Morgan fingerprint density at radius 1 is 1.13 bits per heavy atom. The minimum Gasteiger partial charge on any atom is -0.477 e. The fourth-order valence-electron chi connectivity index (χ4n) is 3.06. The van der Waals surface area contributed by atoms with Gasteiger partial charge in [-0.25, -0.2) is 4.98 Å². The second-order valence-electron chi connectivity index (χ2n) is 6.70. The number of anilines is 3.